The Morgan fingerprint density at radius 2 is 2.07 bits per heavy atom. The molecule has 0 radical (unpaired) electrons. The minimum absolute atomic E-state index is 0.0340. The third-order valence-electron chi connectivity index (χ3n) is 4.74. The van der Waals surface area contributed by atoms with Crippen LogP contribution in [0.5, 0.6) is 0 Å². The first kappa shape index (κ1) is 17.9. The fourth-order valence-electron chi connectivity index (χ4n) is 3.33. The Kier molecular flexibility index (Phi) is 4.60. The molecule has 1 fully saturated rings. The molecular weight excluding hydrogens is 372 g/mol. The molecular formula is C17H20N4O5S. The molecule has 1 aromatic carbocycles. The molecule has 0 atom stereocenters. The summed E-state index contributed by atoms with van der Waals surface area (Å²) in [7, 11) is -3.66. The fourth-order valence-corrected chi connectivity index (χ4v) is 4.65. The summed E-state index contributed by atoms with van der Waals surface area (Å²) in [5.74, 6) is 0.236. The van der Waals surface area contributed by atoms with Gasteiger partial charge in [-0.15, -0.1) is 0 Å². The number of nitrogens with one attached hydrogen (secondary N) is 1. The summed E-state index contributed by atoms with van der Waals surface area (Å²) in [5.41, 5.74) is 0.677. The molecule has 1 saturated carbocycles. The van der Waals surface area contributed by atoms with E-state index in [9.17, 15) is 13.2 Å². The topological polar surface area (TPSA) is 120 Å². The highest BCUT2D eigenvalue weighted by molar-refractivity contribution is 7.89. The molecule has 10 heteroatoms. The summed E-state index contributed by atoms with van der Waals surface area (Å²) in [6, 6.07) is 4.37. The first-order valence-corrected chi connectivity index (χ1v) is 10.4. The quantitative estimate of drug-likeness (QED) is 0.679. The van der Waals surface area contributed by atoms with Crippen molar-refractivity contribution in [3.8, 4) is 0 Å². The van der Waals surface area contributed by atoms with Crippen LogP contribution in [-0.4, -0.2) is 29.2 Å². The van der Waals surface area contributed by atoms with Crippen LogP contribution >= 0.6 is 0 Å². The van der Waals surface area contributed by atoms with Crippen LogP contribution in [0.4, 0.5) is 0 Å². The first-order chi connectivity index (χ1) is 13.0. The van der Waals surface area contributed by atoms with Gasteiger partial charge in [-0.05, 0) is 25.0 Å². The number of sulfonamides is 1. The van der Waals surface area contributed by atoms with E-state index >= 15 is 0 Å². The molecule has 0 spiro atoms. The molecule has 0 amide bonds. The van der Waals surface area contributed by atoms with Crippen molar-refractivity contribution in [2.24, 2.45) is 0 Å². The number of hydrogen-bond acceptors (Lipinski definition) is 7. The lowest BCUT2D eigenvalue weighted by Gasteiger charge is -2.12. The van der Waals surface area contributed by atoms with Crippen molar-refractivity contribution < 1.29 is 17.4 Å². The molecule has 0 saturated heterocycles. The molecule has 2 aromatic heterocycles. The standard InChI is InChI=1S/C17H20N4O5S/c1-2-16-18-15(19-26-16)10-21-13-8-7-12(9-14(13)25-17(21)22)27(23,24)20-11-5-3-4-6-11/h7-9,11,20H,2-6,10H2,1H3. The van der Waals surface area contributed by atoms with Gasteiger partial charge >= 0.3 is 5.76 Å². The zero-order chi connectivity index (χ0) is 19.0. The number of nitrogens with zero attached hydrogens (tertiary/aromatic N) is 3. The summed E-state index contributed by atoms with van der Waals surface area (Å²) in [6.45, 7) is 1.97. The van der Waals surface area contributed by atoms with Crippen molar-refractivity contribution in [3.05, 3.63) is 40.5 Å². The van der Waals surface area contributed by atoms with E-state index in [1.54, 1.807) is 6.07 Å². The van der Waals surface area contributed by atoms with Crippen molar-refractivity contribution in [1.82, 2.24) is 19.4 Å². The van der Waals surface area contributed by atoms with Gasteiger partial charge in [0.2, 0.25) is 15.9 Å². The molecule has 1 aliphatic rings. The summed E-state index contributed by atoms with van der Waals surface area (Å²) in [4.78, 5) is 16.5. The van der Waals surface area contributed by atoms with E-state index in [0.717, 1.165) is 25.7 Å². The van der Waals surface area contributed by atoms with Crippen molar-refractivity contribution in [3.63, 3.8) is 0 Å². The highest BCUT2D eigenvalue weighted by atomic mass is 32.2. The summed E-state index contributed by atoms with van der Waals surface area (Å²) in [5, 5.41) is 3.83. The first-order valence-electron chi connectivity index (χ1n) is 8.93. The molecule has 0 bridgehead atoms. The van der Waals surface area contributed by atoms with Gasteiger partial charge in [0.25, 0.3) is 0 Å². The van der Waals surface area contributed by atoms with E-state index < -0.39 is 15.8 Å². The Labute approximate surface area is 155 Å². The number of rotatable bonds is 6. The monoisotopic (exact) mass is 392 g/mol. The number of aryl methyl sites for hydroxylation is 1. The van der Waals surface area contributed by atoms with E-state index in [-0.39, 0.29) is 23.1 Å². The Morgan fingerprint density at radius 3 is 2.78 bits per heavy atom. The van der Waals surface area contributed by atoms with Gasteiger partial charge in [0.1, 0.15) is 0 Å². The molecule has 0 unspecified atom stereocenters. The smallest absolute Gasteiger partial charge is 0.408 e. The minimum Gasteiger partial charge on any atom is -0.408 e. The summed E-state index contributed by atoms with van der Waals surface area (Å²) in [6.07, 6.45) is 4.34. The zero-order valence-electron chi connectivity index (χ0n) is 14.8. The largest absolute Gasteiger partial charge is 0.420 e. The Balaban J connectivity index is 1.64. The van der Waals surface area contributed by atoms with Crippen LogP contribution in [-0.2, 0) is 23.0 Å². The van der Waals surface area contributed by atoms with Crippen molar-refractivity contribution >= 4 is 21.1 Å². The van der Waals surface area contributed by atoms with Gasteiger partial charge in [-0.3, -0.25) is 4.57 Å². The molecule has 9 nitrogen and oxygen atoms in total. The Morgan fingerprint density at radius 1 is 1.30 bits per heavy atom. The van der Waals surface area contributed by atoms with E-state index in [0.29, 0.717) is 23.7 Å². The SMILES string of the molecule is CCc1nc(Cn2c(=O)oc3cc(S(=O)(=O)NC4CCCC4)ccc32)no1. The second kappa shape index (κ2) is 6.93. The van der Waals surface area contributed by atoms with Crippen LogP contribution in [0, 0.1) is 0 Å². The van der Waals surface area contributed by atoms with Crippen LogP contribution in [0.3, 0.4) is 0 Å². The summed E-state index contributed by atoms with van der Waals surface area (Å²) >= 11 is 0. The maximum atomic E-state index is 12.6. The minimum atomic E-state index is -3.66. The number of fused-ring (bicyclic) bond motifs is 1. The second-order valence-corrected chi connectivity index (χ2v) is 8.36. The van der Waals surface area contributed by atoms with Gasteiger partial charge in [0, 0.05) is 18.5 Å². The van der Waals surface area contributed by atoms with E-state index in [4.69, 9.17) is 8.94 Å². The van der Waals surface area contributed by atoms with Crippen molar-refractivity contribution in [2.45, 2.75) is 56.5 Å². The zero-order valence-corrected chi connectivity index (χ0v) is 15.7. The fraction of sp³-hybridized carbons (Fsp3) is 0.471. The maximum Gasteiger partial charge on any atom is 0.420 e. The van der Waals surface area contributed by atoms with Gasteiger partial charge in [-0.1, -0.05) is 24.9 Å². The lowest BCUT2D eigenvalue weighted by atomic mass is 10.3. The molecule has 144 valence electrons. The van der Waals surface area contributed by atoms with Gasteiger partial charge in [-0.25, -0.2) is 17.9 Å². The maximum absolute atomic E-state index is 12.6. The van der Waals surface area contributed by atoms with Gasteiger partial charge in [-0.2, -0.15) is 4.98 Å². The van der Waals surface area contributed by atoms with Crippen LogP contribution in [0.15, 0.2) is 36.8 Å². The highest BCUT2D eigenvalue weighted by Gasteiger charge is 2.24. The normalized spacial score (nSPS) is 15.7. The van der Waals surface area contributed by atoms with Crippen LogP contribution in [0.1, 0.15) is 44.3 Å². The van der Waals surface area contributed by atoms with E-state index in [1.807, 2.05) is 6.92 Å². The second-order valence-electron chi connectivity index (χ2n) is 6.64. The van der Waals surface area contributed by atoms with E-state index in [1.165, 1.54) is 16.7 Å². The molecule has 27 heavy (non-hydrogen) atoms. The lowest BCUT2D eigenvalue weighted by molar-refractivity contribution is 0.375. The molecule has 3 aromatic rings. The lowest BCUT2D eigenvalue weighted by Crippen LogP contribution is -2.32. The Bertz CT molecular complexity index is 1120. The van der Waals surface area contributed by atoms with Gasteiger partial charge < -0.3 is 8.94 Å². The Hall–Kier alpha value is -2.46. The molecule has 0 aliphatic heterocycles. The molecule has 1 aliphatic carbocycles. The highest BCUT2D eigenvalue weighted by Crippen LogP contribution is 2.23. The number of aromatic nitrogens is 3. The van der Waals surface area contributed by atoms with Crippen molar-refractivity contribution in [1.29, 1.82) is 0 Å². The van der Waals surface area contributed by atoms with Crippen LogP contribution < -0.4 is 10.5 Å². The van der Waals surface area contributed by atoms with Crippen LogP contribution in [0.25, 0.3) is 11.1 Å². The van der Waals surface area contributed by atoms with E-state index in [2.05, 4.69) is 14.9 Å². The molecule has 2 heterocycles. The van der Waals surface area contributed by atoms with Gasteiger partial charge in [0.15, 0.2) is 11.4 Å². The van der Waals surface area contributed by atoms with Crippen molar-refractivity contribution in [2.75, 3.05) is 0 Å². The molecule has 4 rings (SSSR count). The average molecular weight is 392 g/mol. The van der Waals surface area contributed by atoms with Gasteiger partial charge in [0.05, 0.1) is 17.0 Å². The molecule has 1 N–H and O–H groups in total. The third kappa shape index (κ3) is 3.54. The third-order valence-corrected chi connectivity index (χ3v) is 6.26. The predicted molar refractivity (Wildman–Crippen MR) is 95.8 cm³/mol. The average Bonchev–Trinajstić information content (AvgIpc) is 3.36. The predicted octanol–water partition coefficient (Wildman–Crippen LogP) is 1.81. The number of benzene rings is 1. The van der Waals surface area contributed by atoms with Crippen LogP contribution in [0.2, 0.25) is 0 Å². The summed E-state index contributed by atoms with van der Waals surface area (Å²) < 4.78 is 39.5. The number of oxazole rings is 1. The number of hydrogen-bond donors (Lipinski definition) is 1.